The molecule has 4 heteroatoms. The number of ether oxygens (including phenoxy) is 1. The molecule has 19 heavy (non-hydrogen) atoms. The fourth-order valence-corrected chi connectivity index (χ4v) is 3.00. The Bertz CT molecular complexity index is 426. The van der Waals surface area contributed by atoms with Gasteiger partial charge in [0.2, 0.25) is 5.91 Å². The molecule has 104 valence electrons. The Hall–Kier alpha value is -0.780. The van der Waals surface area contributed by atoms with E-state index < -0.39 is 0 Å². The van der Waals surface area contributed by atoms with E-state index >= 15 is 0 Å². The number of hydrogen-bond donors (Lipinski definition) is 1. The van der Waals surface area contributed by atoms with E-state index in [1.165, 1.54) is 5.56 Å². The van der Waals surface area contributed by atoms with Gasteiger partial charge in [-0.2, -0.15) is 0 Å². The van der Waals surface area contributed by atoms with Gasteiger partial charge in [-0.15, -0.1) is 0 Å². The Morgan fingerprint density at radius 2 is 2.05 bits per heavy atom. The number of benzene rings is 1. The van der Waals surface area contributed by atoms with Crippen molar-refractivity contribution in [2.24, 2.45) is 0 Å². The Labute approximate surface area is 128 Å². The van der Waals surface area contributed by atoms with Crippen molar-refractivity contribution in [3.63, 3.8) is 0 Å². The van der Waals surface area contributed by atoms with Crippen molar-refractivity contribution in [1.82, 2.24) is 5.32 Å². The predicted octanol–water partition coefficient (Wildman–Crippen LogP) is 3.10. The van der Waals surface area contributed by atoms with E-state index in [2.05, 4.69) is 40.0 Å². The summed E-state index contributed by atoms with van der Waals surface area (Å²) in [5.74, 6) is 1.07. The van der Waals surface area contributed by atoms with Crippen LogP contribution in [0.5, 0.6) is 5.75 Å². The van der Waals surface area contributed by atoms with E-state index in [9.17, 15) is 4.79 Å². The summed E-state index contributed by atoms with van der Waals surface area (Å²) in [6.07, 6.45) is 4.73. The lowest BCUT2D eigenvalue weighted by Crippen LogP contribution is -2.37. The molecule has 0 saturated heterocycles. The van der Waals surface area contributed by atoms with Gasteiger partial charge < -0.3 is 10.1 Å². The molecule has 1 aromatic rings. The summed E-state index contributed by atoms with van der Waals surface area (Å²) in [7, 11) is 1.67. The fourth-order valence-electron chi connectivity index (χ4n) is 2.05. The minimum absolute atomic E-state index is 0.137. The summed E-state index contributed by atoms with van der Waals surface area (Å²) in [6, 6.07) is 8.04. The van der Waals surface area contributed by atoms with Crippen molar-refractivity contribution in [2.45, 2.75) is 37.6 Å². The normalized spacial score (nSPS) is 15.9. The van der Waals surface area contributed by atoms with Gasteiger partial charge in [0, 0.05) is 16.4 Å². The molecule has 1 fully saturated rings. The molecule has 0 unspecified atom stereocenters. The maximum atomic E-state index is 11.8. The molecule has 1 aliphatic rings. The Kier molecular flexibility index (Phi) is 5.07. The van der Waals surface area contributed by atoms with Gasteiger partial charge in [-0.25, -0.2) is 0 Å². The molecule has 1 aliphatic carbocycles. The first kappa shape index (κ1) is 14.6. The summed E-state index contributed by atoms with van der Waals surface area (Å²) in [4.78, 5) is 11.8. The minimum atomic E-state index is 0.137. The molecule has 0 atom stereocenters. The highest BCUT2D eigenvalue weighted by Crippen LogP contribution is 2.37. The molecule has 1 saturated carbocycles. The van der Waals surface area contributed by atoms with Gasteiger partial charge in [0.05, 0.1) is 7.11 Å². The number of hydrogen-bond acceptors (Lipinski definition) is 2. The lowest BCUT2D eigenvalue weighted by atomic mass is 10.1. The number of rotatable bonds is 7. The number of methoxy groups -OCH3 is 1. The van der Waals surface area contributed by atoms with Crippen LogP contribution in [0.15, 0.2) is 24.3 Å². The van der Waals surface area contributed by atoms with E-state index in [4.69, 9.17) is 4.74 Å². The second-order valence-electron chi connectivity index (χ2n) is 5.16. The number of alkyl halides is 1. The van der Waals surface area contributed by atoms with Crippen LogP contribution in [-0.2, 0) is 11.2 Å². The number of amides is 1. The lowest BCUT2D eigenvalue weighted by molar-refractivity contribution is -0.121. The van der Waals surface area contributed by atoms with Crippen molar-refractivity contribution in [2.75, 3.05) is 11.5 Å². The van der Waals surface area contributed by atoms with E-state index in [0.717, 1.165) is 35.9 Å². The van der Waals surface area contributed by atoms with E-state index in [1.54, 1.807) is 7.11 Å². The van der Waals surface area contributed by atoms with Crippen LogP contribution in [0.4, 0.5) is 0 Å². The van der Waals surface area contributed by atoms with Crippen LogP contribution in [0.1, 0.15) is 31.2 Å². The van der Waals surface area contributed by atoms with Crippen LogP contribution in [0, 0.1) is 0 Å². The summed E-state index contributed by atoms with van der Waals surface area (Å²) in [5.41, 5.74) is 1.39. The Balaban J connectivity index is 1.69. The van der Waals surface area contributed by atoms with E-state index in [-0.39, 0.29) is 11.4 Å². The highest BCUT2D eigenvalue weighted by Gasteiger charge is 2.42. The third-order valence-electron chi connectivity index (χ3n) is 3.54. The molecule has 0 aromatic heterocycles. The number of aryl methyl sites for hydroxylation is 1. The van der Waals surface area contributed by atoms with Gasteiger partial charge in [-0.1, -0.05) is 34.7 Å². The van der Waals surface area contributed by atoms with E-state index in [1.807, 2.05) is 12.1 Å². The standard InChI is InChI=1S/C15H20INO2/c1-19-13-7-5-12(6-8-13)3-2-4-14(18)17-15(11-16)9-10-15/h5-8H,2-4,9-11H2,1H3,(H,17,18). The molecule has 0 heterocycles. The number of carbonyl (C=O) groups excluding carboxylic acids is 1. The molecular formula is C15H20INO2. The first-order valence-corrected chi connectivity index (χ1v) is 8.20. The molecular weight excluding hydrogens is 353 g/mol. The van der Waals surface area contributed by atoms with Crippen LogP contribution in [0.25, 0.3) is 0 Å². The molecule has 0 aliphatic heterocycles. The summed E-state index contributed by atoms with van der Waals surface area (Å²) in [6.45, 7) is 0. The van der Waals surface area contributed by atoms with Gasteiger partial charge in [-0.05, 0) is 43.4 Å². The quantitative estimate of drug-likeness (QED) is 0.589. The zero-order chi connectivity index (χ0) is 13.7. The molecule has 1 aromatic carbocycles. The molecule has 2 rings (SSSR count). The van der Waals surface area contributed by atoms with Crippen molar-refractivity contribution in [1.29, 1.82) is 0 Å². The first-order chi connectivity index (χ1) is 9.17. The van der Waals surface area contributed by atoms with Crippen LogP contribution in [0.3, 0.4) is 0 Å². The molecule has 0 bridgehead atoms. The lowest BCUT2D eigenvalue weighted by Gasteiger charge is -2.14. The zero-order valence-electron chi connectivity index (χ0n) is 11.2. The SMILES string of the molecule is COc1ccc(CCCC(=O)NC2(CI)CC2)cc1. The highest BCUT2D eigenvalue weighted by atomic mass is 127. The topological polar surface area (TPSA) is 38.3 Å². The van der Waals surface area contributed by atoms with Gasteiger partial charge in [0.25, 0.3) is 0 Å². The number of carbonyl (C=O) groups is 1. The third kappa shape index (κ3) is 4.37. The van der Waals surface area contributed by atoms with Crippen LogP contribution in [-0.4, -0.2) is 23.0 Å². The molecule has 3 nitrogen and oxygen atoms in total. The maximum absolute atomic E-state index is 11.8. The Morgan fingerprint density at radius 3 is 2.58 bits per heavy atom. The van der Waals surface area contributed by atoms with Crippen molar-refractivity contribution < 1.29 is 9.53 Å². The smallest absolute Gasteiger partial charge is 0.220 e. The van der Waals surface area contributed by atoms with Crippen molar-refractivity contribution in [3.05, 3.63) is 29.8 Å². The van der Waals surface area contributed by atoms with Gasteiger partial charge >= 0.3 is 0 Å². The number of halogens is 1. The molecule has 1 amide bonds. The van der Waals surface area contributed by atoms with Crippen molar-refractivity contribution >= 4 is 28.5 Å². The number of nitrogens with one attached hydrogen (secondary N) is 1. The second-order valence-corrected chi connectivity index (χ2v) is 5.93. The third-order valence-corrected chi connectivity index (χ3v) is 5.00. The summed E-state index contributed by atoms with van der Waals surface area (Å²) >= 11 is 2.35. The van der Waals surface area contributed by atoms with Gasteiger partial charge in [0.1, 0.15) is 5.75 Å². The van der Waals surface area contributed by atoms with Crippen LogP contribution in [0.2, 0.25) is 0 Å². The Morgan fingerprint density at radius 1 is 1.37 bits per heavy atom. The molecule has 0 radical (unpaired) electrons. The average molecular weight is 373 g/mol. The zero-order valence-corrected chi connectivity index (χ0v) is 13.4. The fraction of sp³-hybridized carbons (Fsp3) is 0.533. The predicted molar refractivity (Wildman–Crippen MR) is 84.9 cm³/mol. The van der Waals surface area contributed by atoms with Crippen molar-refractivity contribution in [3.8, 4) is 5.75 Å². The van der Waals surface area contributed by atoms with Crippen LogP contribution >= 0.6 is 22.6 Å². The molecule has 0 spiro atoms. The average Bonchev–Trinajstić information content (AvgIpc) is 3.20. The van der Waals surface area contributed by atoms with E-state index in [0.29, 0.717) is 6.42 Å². The second kappa shape index (κ2) is 6.59. The van der Waals surface area contributed by atoms with Gasteiger partial charge in [-0.3, -0.25) is 4.79 Å². The molecule has 1 N–H and O–H groups in total. The minimum Gasteiger partial charge on any atom is -0.497 e. The summed E-state index contributed by atoms with van der Waals surface area (Å²) < 4.78 is 6.14. The van der Waals surface area contributed by atoms with Gasteiger partial charge in [0.15, 0.2) is 0 Å². The highest BCUT2D eigenvalue weighted by molar-refractivity contribution is 14.1. The van der Waals surface area contributed by atoms with Crippen LogP contribution < -0.4 is 10.1 Å². The maximum Gasteiger partial charge on any atom is 0.220 e. The summed E-state index contributed by atoms with van der Waals surface area (Å²) in [5, 5.41) is 3.16. The monoisotopic (exact) mass is 373 g/mol. The largest absolute Gasteiger partial charge is 0.497 e. The first-order valence-electron chi connectivity index (χ1n) is 6.67.